The summed E-state index contributed by atoms with van der Waals surface area (Å²) >= 11 is 0. The van der Waals surface area contributed by atoms with E-state index in [0.717, 1.165) is 12.8 Å². The molecule has 0 spiro atoms. The number of nitrogens with two attached hydrogens (primary N) is 1. The van der Waals surface area contributed by atoms with E-state index in [1.54, 1.807) is 19.1 Å². The Morgan fingerprint density at radius 1 is 1.21 bits per heavy atom. The van der Waals surface area contributed by atoms with E-state index in [-0.39, 0.29) is 35.9 Å². The number of rotatable bonds is 8. The van der Waals surface area contributed by atoms with Crippen LogP contribution in [0.3, 0.4) is 0 Å². The van der Waals surface area contributed by atoms with E-state index in [0.29, 0.717) is 5.57 Å². The Hall–Kier alpha value is -1.21. The highest BCUT2D eigenvalue weighted by Crippen LogP contribution is 2.45. The first-order valence-electron chi connectivity index (χ1n) is 10.3. The van der Waals surface area contributed by atoms with Crippen molar-refractivity contribution in [1.82, 2.24) is 0 Å². The maximum Gasteiger partial charge on any atom is 0.244 e. The second-order valence-electron chi connectivity index (χ2n) is 8.93. The van der Waals surface area contributed by atoms with Crippen LogP contribution in [0.4, 0.5) is 0 Å². The van der Waals surface area contributed by atoms with Gasteiger partial charge in [0.1, 0.15) is 0 Å². The summed E-state index contributed by atoms with van der Waals surface area (Å²) in [5, 5.41) is 21.7. The molecule has 0 saturated carbocycles. The average Bonchev–Trinajstić information content (AvgIpc) is 2.99. The Bertz CT molecular complexity index is 618. The van der Waals surface area contributed by atoms with Crippen LogP contribution in [-0.4, -0.2) is 46.3 Å². The number of aliphatic hydroxyl groups excluding tert-OH is 2. The van der Waals surface area contributed by atoms with Gasteiger partial charge in [0.15, 0.2) is 5.79 Å². The zero-order valence-corrected chi connectivity index (χ0v) is 18.0. The van der Waals surface area contributed by atoms with Gasteiger partial charge in [0.05, 0.1) is 24.4 Å². The molecule has 2 aliphatic rings. The highest BCUT2D eigenvalue weighted by atomic mass is 16.7. The van der Waals surface area contributed by atoms with Crippen LogP contribution in [0.5, 0.6) is 0 Å². The van der Waals surface area contributed by atoms with E-state index in [9.17, 15) is 15.0 Å². The monoisotopic (exact) mass is 395 g/mol. The van der Waals surface area contributed by atoms with E-state index in [1.165, 1.54) is 0 Å². The summed E-state index contributed by atoms with van der Waals surface area (Å²) in [4.78, 5) is 11.0. The molecule has 0 radical (unpaired) electrons. The second-order valence-corrected chi connectivity index (χ2v) is 8.93. The highest BCUT2D eigenvalue weighted by Gasteiger charge is 2.51. The van der Waals surface area contributed by atoms with Crippen LogP contribution in [0.15, 0.2) is 23.8 Å². The predicted molar refractivity (Wildman–Crippen MR) is 108 cm³/mol. The van der Waals surface area contributed by atoms with E-state index < -0.39 is 23.9 Å². The Kier molecular flexibility index (Phi) is 7.48. The number of carbonyl (C=O) groups is 1. The van der Waals surface area contributed by atoms with Crippen molar-refractivity contribution in [2.45, 2.75) is 84.6 Å². The van der Waals surface area contributed by atoms with Gasteiger partial charge in [-0.3, -0.25) is 4.79 Å². The summed E-state index contributed by atoms with van der Waals surface area (Å²) in [7, 11) is 0. The van der Waals surface area contributed by atoms with Crippen molar-refractivity contribution < 1.29 is 24.5 Å². The van der Waals surface area contributed by atoms with Crippen molar-refractivity contribution in [3.63, 3.8) is 0 Å². The molecule has 2 bridgehead atoms. The Labute approximate surface area is 168 Å². The third-order valence-electron chi connectivity index (χ3n) is 6.60. The van der Waals surface area contributed by atoms with Crippen LogP contribution in [0.2, 0.25) is 0 Å². The van der Waals surface area contributed by atoms with Crippen LogP contribution >= 0.6 is 0 Å². The van der Waals surface area contributed by atoms with Gasteiger partial charge in [-0.1, -0.05) is 45.9 Å². The topological polar surface area (TPSA) is 102 Å². The summed E-state index contributed by atoms with van der Waals surface area (Å²) in [6.45, 7) is 11.5. The van der Waals surface area contributed by atoms with Gasteiger partial charge < -0.3 is 25.4 Å². The average molecular weight is 396 g/mol. The van der Waals surface area contributed by atoms with Crippen LogP contribution in [-0.2, 0) is 14.3 Å². The first-order valence-corrected chi connectivity index (χ1v) is 10.3. The van der Waals surface area contributed by atoms with Crippen molar-refractivity contribution in [1.29, 1.82) is 0 Å². The van der Waals surface area contributed by atoms with Crippen LogP contribution in [0.1, 0.15) is 54.4 Å². The molecule has 0 aromatic heterocycles. The van der Waals surface area contributed by atoms with E-state index in [4.69, 9.17) is 15.2 Å². The van der Waals surface area contributed by atoms with Gasteiger partial charge in [-0.25, -0.2) is 0 Å². The second kappa shape index (κ2) is 9.08. The molecule has 6 heteroatoms. The smallest absolute Gasteiger partial charge is 0.244 e. The van der Waals surface area contributed by atoms with Crippen molar-refractivity contribution in [2.24, 2.45) is 29.4 Å². The summed E-state index contributed by atoms with van der Waals surface area (Å²) in [6.07, 6.45) is 5.65. The fourth-order valence-corrected chi connectivity index (χ4v) is 4.42. The van der Waals surface area contributed by atoms with Gasteiger partial charge in [-0.05, 0) is 20.3 Å². The molecule has 4 N–H and O–H groups in total. The number of carbonyl (C=O) groups excluding carboxylic acids is 1. The van der Waals surface area contributed by atoms with E-state index in [2.05, 4.69) is 6.92 Å². The quantitative estimate of drug-likeness (QED) is 0.433. The predicted octanol–water partition coefficient (Wildman–Crippen LogP) is 2.53. The van der Waals surface area contributed by atoms with Crippen molar-refractivity contribution in [3.05, 3.63) is 23.8 Å². The van der Waals surface area contributed by atoms with Gasteiger partial charge >= 0.3 is 0 Å². The van der Waals surface area contributed by atoms with E-state index >= 15 is 0 Å². The molecule has 2 saturated heterocycles. The van der Waals surface area contributed by atoms with Crippen LogP contribution in [0.25, 0.3) is 0 Å². The molecule has 0 aliphatic carbocycles. The summed E-state index contributed by atoms with van der Waals surface area (Å²) in [6, 6.07) is 0. The molecule has 2 fully saturated rings. The minimum absolute atomic E-state index is 0.108. The molecule has 1 amide bonds. The number of hydrogen-bond acceptors (Lipinski definition) is 5. The first-order chi connectivity index (χ1) is 13.0. The van der Waals surface area contributed by atoms with Gasteiger partial charge in [0.25, 0.3) is 0 Å². The lowest BCUT2D eigenvalue weighted by atomic mass is 9.78. The van der Waals surface area contributed by atoms with Crippen LogP contribution < -0.4 is 5.73 Å². The molecular weight excluding hydrogens is 358 g/mol. The standard InChI is InChI=1S/C22H37NO5/c1-12(8-7-9-13(2)21(23)26)18(24)15(4)19(25)16(5)20-14(3)17-10-11-22(6,27-17)28-20/h7-9,12,14-20,24-25H,10-11H2,1-6H3,(H2,23,26)/b8-7+,13-9-/t12-,14+,15+,16+,17?,18-,19+,20+,22-/m0/s1. The third kappa shape index (κ3) is 5.03. The lowest BCUT2D eigenvalue weighted by Crippen LogP contribution is -2.52. The van der Waals surface area contributed by atoms with Gasteiger partial charge in [-0.15, -0.1) is 0 Å². The number of allylic oxidation sites excluding steroid dienone is 2. The Morgan fingerprint density at radius 3 is 2.46 bits per heavy atom. The number of hydrogen-bond donors (Lipinski definition) is 3. The van der Waals surface area contributed by atoms with E-state index in [1.807, 2.05) is 33.8 Å². The maximum atomic E-state index is 11.0. The normalized spacial score (nSPS) is 36.1. The number of aliphatic hydroxyl groups is 2. The zero-order chi connectivity index (χ0) is 21.2. The molecule has 9 atom stereocenters. The van der Waals surface area contributed by atoms with Crippen molar-refractivity contribution >= 4 is 5.91 Å². The number of amides is 1. The first kappa shape index (κ1) is 23.1. The summed E-state index contributed by atoms with van der Waals surface area (Å²) in [5.41, 5.74) is 5.66. The molecule has 6 nitrogen and oxygen atoms in total. The molecule has 28 heavy (non-hydrogen) atoms. The lowest BCUT2D eigenvalue weighted by molar-refractivity contribution is -0.309. The lowest BCUT2D eigenvalue weighted by Gasteiger charge is -2.45. The SMILES string of the molecule is C/C(=C/C=C/[C@H](C)[C@H](O)[C@@H](C)[C@@H](O)[C@@H](C)[C@@H]1O[C@@]2(C)CCC(O2)[C@H]1C)C(N)=O. The third-order valence-corrected chi connectivity index (χ3v) is 6.60. The van der Waals surface area contributed by atoms with Gasteiger partial charge in [-0.2, -0.15) is 0 Å². The summed E-state index contributed by atoms with van der Waals surface area (Å²) < 4.78 is 12.2. The van der Waals surface area contributed by atoms with Crippen LogP contribution in [0, 0.1) is 23.7 Å². The minimum Gasteiger partial charge on any atom is -0.392 e. The molecular formula is C22H37NO5. The van der Waals surface area contributed by atoms with Gasteiger partial charge in [0.2, 0.25) is 5.91 Å². The Balaban J connectivity index is 2.00. The fraction of sp³-hybridized carbons (Fsp3) is 0.773. The molecule has 1 unspecified atom stereocenters. The summed E-state index contributed by atoms with van der Waals surface area (Å²) in [5.74, 6) is -1.47. The molecule has 2 rings (SSSR count). The number of primary amides is 1. The fourth-order valence-electron chi connectivity index (χ4n) is 4.42. The number of fused-ring (bicyclic) bond motifs is 2. The maximum absolute atomic E-state index is 11.0. The highest BCUT2D eigenvalue weighted by molar-refractivity contribution is 5.91. The number of ether oxygens (including phenoxy) is 2. The van der Waals surface area contributed by atoms with Crippen molar-refractivity contribution in [3.8, 4) is 0 Å². The molecule has 2 aliphatic heterocycles. The molecule has 160 valence electrons. The van der Waals surface area contributed by atoms with Gasteiger partial charge in [0, 0.05) is 35.7 Å². The molecule has 2 heterocycles. The molecule has 0 aromatic rings. The Morgan fingerprint density at radius 2 is 1.86 bits per heavy atom. The largest absolute Gasteiger partial charge is 0.392 e. The zero-order valence-electron chi connectivity index (χ0n) is 18.0. The van der Waals surface area contributed by atoms with Crippen molar-refractivity contribution in [2.75, 3.05) is 0 Å². The minimum atomic E-state index is -0.724. The molecule has 0 aromatic carbocycles.